The minimum absolute atomic E-state index is 0.204. The van der Waals surface area contributed by atoms with Gasteiger partial charge in [-0.1, -0.05) is 12.1 Å². The number of piperidine rings is 1. The van der Waals surface area contributed by atoms with Crippen molar-refractivity contribution in [1.82, 2.24) is 9.88 Å². The number of nitrogens with zero attached hydrogens (tertiary/aromatic N) is 2. The number of benzene rings is 1. The summed E-state index contributed by atoms with van der Waals surface area (Å²) in [5, 5.41) is 0. The number of hydrogen-bond acceptors (Lipinski definition) is 4. The van der Waals surface area contributed by atoms with Gasteiger partial charge in [0.25, 0.3) is 5.91 Å². The number of aromatic nitrogens is 1. The Hall–Kier alpha value is -2.14. The van der Waals surface area contributed by atoms with Crippen molar-refractivity contribution in [2.45, 2.75) is 38.0 Å². The van der Waals surface area contributed by atoms with E-state index in [4.69, 9.17) is 4.42 Å². The number of amides is 1. The fraction of sp³-hybridized carbons (Fsp3) is 0.400. The molecule has 1 amide bonds. The minimum Gasteiger partial charge on any atom is -0.440 e. The molecule has 4 nitrogen and oxygen atoms in total. The van der Waals surface area contributed by atoms with Crippen molar-refractivity contribution in [3.63, 3.8) is 0 Å². The summed E-state index contributed by atoms with van der Waals surface area (Å²) in [7, 11) is 0. The third kappa shape index (κ3) is 2.67. The van der Waals surface area contributed by atoms with E-state index < -0.39 is 0 Å². The molecule has 5 rings (SSSR count). The maximum Gasteiger partial charge on any atom is 0.263 e. The molecule has 2 aromatic heterocycles. The zero-order valence-corrected chi connectivity index (χ0v) is 14.8. The Balaban J connectivity index is 1.28. The number of likely N-dealkylation sites (tertiary alicyclic amines) is 1. The van der Waals surface area contributed by atoms with Gasteiger partial charge in [-0.05, 0) is 55.9 Å². The third-order valence-electron chi connectivity index (χ3n) is 5.40. The Morgan fingerprint density at radius 3 is 2.84 bits per heavy atom. The van der Waals surface area contributed by atoms with Gasteiger partial charge in [0.2, 0.25) is 0 Å². The molecule has 0 unspecified atom stereocenters. The van der Waals surface area contributed by atoms with E-state index in [1.54, 1.807) is 11.3 Å². The number of aryl methyl sites for hydroxylation is 2. The van der Waals surface area contributed by atoms with Crippen LogP contribution in [0.15, 0.2) is 34.7 Å². The fourth-order valence-electron chi connectivity index (χ4n) is 3.98. The highest BCUT2D eigenvalue weighted by Crippen LogP contribution is 2.34. The molecule has 3 heterocycles. The van der Waals surface area contributed by atoms with Gasteiger partial charge in [-0.3, -0.25) is 4.79 Å². The predicted molar refractivity (Wildman–Crippen MR) is 98.2 cm³/mol. The van der Waals surface area contributed by atoms with Crippen LogP contribution in [0, 0.1) is 0 Å². The van der Waals surface area contributed by atoms with Gasteiger partial charge in [-0.15, -0.1) is 11.3 Å². The van der Waals surface area contributed by atoms with Crippen LogP contribution in [0.3, 0.4) is 0 Å². The van der Waals surface area contributed by atoms with E-state index >= 15 is 0 Å². The van der Waals surface area contributed by atoms with Crippen LogP contribution < -0.4 is 0 Å². The van der Waals surface area contributed by atoms with E-state index in [9.17, 15) is 4.79 Å². The first-order valence-corrected chi connectivity index (χ1v) is 9.86. The number of oxazole rings is 1. The van der Waals surface area contributed by atoms with Crippen LogP contribution in [0.5, 0.6) is 0 Å². The van der Waals surface area contributed by atoms with Crippen LogP contribution in [0.4, 0.5) is 0 Å². The molecule has 1 aliphatic heterocycles. The minimum atomic E-state index is 0.204. The summed E-state index contributed by atoms with van der Waals surface area (Å²) in [6, 6.07) is 10.0. The third-order valence-corrected chi connectivity index (χ3v) is 6.62. The Kier molecular flexibility index (Phi) is 3.63. The van der Waals surface area contributed by atoms with Crippen molar-refractivity contribution in [1.29, 1.82) is 0 Å². The van der Waals surface area contributed by atoms with Gasteiger partial charge in [0, 0.05) is 23.9 Å². The maximum absolute atomic E-state index is 12.8. The van der Waals surface area contributed by atoms with Gasteiger partial charge >= 0.3 is 0 Å². The van der Waals surface area contributed by atoms with Gasteiger partial charge in [0.05, 0.1) is 4.88 Å². The normalized spacial score (nSPS) is 18.0. The lowest BCUT2D eigenvalue weighted by Gasteiger charge is -2.30. The molecule has 5 heteroatoms. The van der Waals surface area contributed by atoms with Crippen molar-refractivity contribution in [3.05, 3.63) is 51.5 Å². The molecule has 0 spiro atoms. The molecular formula is C20H20N2O2S. The molecule has 0 N–H and O–H groups in total. The number of carbonyl (C=O) groups excluding carboxylic acids is 1. The van der Waals surface area contributed by atoms with Gasteiger partial charge in [-0.25, -0.2) is 4.98 Å². The molecular weight excluding hydrogens is 332 g/mol. The standard InChI is InChI=1S/C20H20N2O2S/c23-20(18-12-14-4-3-7-17(14)25-18)22-10-8-13(9-11-22)19-21-15-5-1-2-6-16(15)24-19/h1-2,5-6,12-13H,3-4,7-11H2. The van der Waals surface area contributed by atoms with Crippen LogP contribution in [0.1, 0.15) is 51.2 Å². The number of para-hydroxylation sites is 2. The molecule has 0 atom stereocenters. The second-order valence-electron chi connectivity index (χ2n) is 7.00. The number of fused-ring (bicyclic) bond motifs is 2. The topological polar surface area (TPSA) is 46.3 Å². The maximum atomic E-state index is 12.8. The van der Waals surface area contributed by atoms with Crippen LogP contribution in [0.25, 0.3) is 11.1 Å². The summed E-state index contributed by atoms with van der Waals surface area (Å²) >= 11 is 1.70. The molecule has 2 aliphatic rings. The molecule has 1 aromatic carbocycles. The molecule has 0 radical (unpaired) electrons. The number of rotatable bonds is 2. The molecule has 3 aromatic rings. The van der Waals surface area contributed by atoms with Crippen molar-refractivity contribution >= 4 is 28.3 Å². The smallest absolute Gasteiger partial charge is 0.263 e. The van der Waals surface area contributed by atoms with Gasteiger partial charge < -0.3 is 9.32 Å². The van der Waals surface area contributed by atoms with Gasteiger partial charge in [0.1, 0.15) is 5.52 Å². The van der Waals surface area contributed by atoms with E-state index in [-0.39, 0.29) is 5.91 Å². The van der Waals surface area contributed by atoms with Crippen LogP contribution >= 0.6 is 11.3 Å². The van der Waals surface area contributed by atoms with Gasteiger partial charge in [0.15, 0.2) is 11.5 Å². The highest BCUT2D eigenvalue weighted by Gasteiger charge is 2.29. The van der Waals surface area contributed by atoms with E-state index in [2.05, 4.69) is 11.1 Å². The zero-order chi connectivity index (χ0) is 16.8. The first-order chi connectivity index (χ1) is 12.3. The molecule has 1 fully saturated rings. The lowest BCUT2D eigenvalue weighted by molar-refractivity contribution is 0.0711. The van der Waals surface area contributed by atoms with Crippen molar-refractivity contribution < 1.29 is 9.21 Å². The van der Waals surface area contributed by atoms with Crippen molar-refractivity contribution in [2.24, 2.45) is 0 Å². The first kappa shape index (κ1) is 15.1. The zero-order valence-electron chi connectivity index (χ0n) is 14.0. The lowest BCUT2D eigenvalue weighted by atomic mass is 9.96. The van der Waals surface area contributed by atoms with E-state index in [0.29, 0.717) is 5.92 Å². The van der Waals surface area contributed by atoms with Crippen LogP contribution in [-0.4, -0.2) is 28.9 Å². The number of thiophene rings is 1. The number of carbonyl (C=O) groups is 1. The summed E-state index contributed by atoms with van der Waals surface area (Å²) < 4.78 is 5.92. The number of hydrogen-bond donors (Lipinski definition) is 0. The van der Waals surface area contributed by atoms with Crippen molar-refractivity contribution in [2.75, 3.05) is 13.1 Å². The summed E-state index contributed by atoms with van der Waals surface area (Å²) in [5.41, 5.74) is 3.17. The first-order valence-electron chi connectivity index (χ1n) is 9.04. The molecule has 1 aliphatic carbocycles. The highest BCUT2D eigenvalue weighted by molar-refractivity contribution is 7.14. The molecule has 0 bridgehead atoms. The summed E-state index contributed by atoms with van der Waals surface area (Å²) in [5.74, 6) is 1.34. The van der Waals surface area contributed by atoms with E-state index in [1.807, 2.05) is 29.2 Å². The molecule has 25 heavy (non-hydrogen) atoms. The van der Waals surface area contributed by atoms with Crippen LogP contribution in [0.2, 0.25) is 0 Å². The second-order valence-corrected chi connectivity index (χ2v) is 8.14. The summed E-state index contributed by atoms with van der Waals surface area (Å²) in [6.45, 7) is 1.57. The SMILES string of the molecule is O=C(c1cc2c(s1)CCC2)N1CCC(c2nc3ccccc3o2)CC1. The van der Waals surface area contributed by atoms with E-state index in [0.717, 1.165) is 60.6 Å². The molecule has 128 valence electrons. The fourth-order valence-corrected chi connectivity index (χ4v) is 5.21. The second kappa shape index (κ2) is 5.99. The summed E-state index contributed by atoms with van der Waals surface area (Å²) in [4.78, 5) is 21.8. The van der Waals surface area contributed by atoms with E-state index in [1.165, 1.54) is 16.9 Å². The van der Waals surface area contributed by atoms with Crippen LogP contribution in [-0.2, 0) is 12.8 Å². The Morgan fingerprint density at radius 1 is 1.20 bits per heavy atom. The average molecular weight is 352 g/mol. The van der Waals surface area contributed by atoms with Gasteiger partial charge in [-0.2, -0.15) is 0 Å². The highest BCUT2D eigenvalue weighted by atomic mass is 32.1. The largest absolute Gasteiger partial charge is 0.440 e. The molecule has 1 saturated heterocycles. The van der Waals surface area contributed by atoms with Crippen molar-refractivity contribution in [3.8, 4) is 0 Å². The monoisotopic (exact) mass is 352 g/mol. The quantitative estimate of drug-likeness (QED) is 0.687. The Labute approximate surface area is 150 Å². The summed E-state index contributed by atoms with van der Waals surface area (Å²) in [6.07, 6.45) is 5.37. The predicted octanol–water partition coefficient (Wildman–Crippen LogP) is 4.40. The molecule has 0 saturated carbocycles. The Morgan fingerprint density at radius 2 is 2.04 bits per heavy atom. The Bertz CT molecular complexity index is 880. The lowest BCUT2D eigenvalue weighted by Crippen LogP contribution is -2.37. The average Bonchev–Trinajstić information content (AvgIpc) is 3.35.